The molecule has 11 heteroatoms. The number of hydrogen-bond donors (Lipinski definition) is 3. The van der Waals surface area contributed by atoms with Gasteiger partial charge in [-0.25, -0.2) is 4.79 Å². The molecule has 2 aliphatic rings. The molecule has 0 bridgehead atoms. The van der Waals surface area contributed by atoms with Crippen molar-refractivity contribution in [1.29, 1.82) is 0 Å². The minimum Gasteiger partial charge on any atom is -0.497 e. The fourth-order valence-electron chi connectivity index (χ4n) is 5.23. The van der Waals surface area contributed by atoms with Crippen LogP contribution in [0.4, 0.5) is 16.2 Å². The number of rotatable bonds is 9. The second kappa shape index (κ2) is 13.2. The van der Waals surface area contributed by atoms with E-state index in [1.807, 2.05) is 45.2 Å². The molecule has 3 N–H and O–H groups in total. The smallest absolute Gasteiger partial charge is 0.323 e. The number of amides is 3. The summed E-state index contributed by atoms with van der Waals surface area (Å²) in [5, 5.41) is 15.6. The maximum atomic E-state index is 13.8. The maximum Gasteiger partial charge on any atom is 0.323 e. The van der Waals surface area contributed by atoms with Gasteiger partial charge >= 0.3 is 6.03 Å². The van der Waals surface area contributed by atoms with Gasteiger partial charge in [-0.05, 0) is 55.9 Å². The molecule has 3 aromatic rings. The summed E-state index contributed by atoms with van der Waals surface area (Å²) in [6.07, 6.45) is -0.330. The molecule has 0 saturated heterocycles. The van der Waals surface area contributed by atoms with Crippen LogP contribution in [0, 0.1) is 5.92 Å². The Hall–Kier alpha value is -4.48. The average molecular weight is 591 g/mol. The number of methoxy groups -OCH3 is 1. The van der Waals surface area contributed by atoms with Gasteiger partial charge in [0.2, 0.25) is 6.79 Å². The van der Waals surface area contributed by atoms with Gasteiger partial charge in [-0.1, -0.05) is 25.1 Å². The number of anilines is 2. The van der Waals surface area contributed by atoms with Gasteiger partial charge in [-0.15, -0.1) is 0 Å². The van der Waals surface area contributed by atoms with Gasteiger partial charge in [0, 0.05) is 37.3 Å². The van der Waals surface area contributed by atoms with Crippen LogP contribution in [0.1, 0.15) is 29.8 Å². The molecule has 2 heterocycles. The Bertz CT molecular complexity index is 1450. The van der Waals surface area contributed by atoms with E-state index in [4.69, 9.17) is 18.9 Å². The van der Waals surface area contributed by atoms with Crippen molar-refractivity contribution < 1.29 is 33.6 Å². The van der Waals surface area contributed by atoms with Gasteiger partial charge in [0.05, 0.1) is 31.0 Å². The van der Waals surface area contributed by atoms with Crippen LogP contribution in [0.25, 0.3) is 0 Å². The van der Waals surface area contributed by atoms with E-state index in [0.717, 1.165) is 11.3 Å². The predicted molar refractivity (Wildman–Crippen MR) is 162 cm³/mol. The lowest BCUT2D eigenvalue weighted by Crippen LogP contribution is -2.49. The monoisotopic (exact) mass is 590 g/mol. The SMILES string of the molecule is COc1ccc(CN(C)C[C@@H]2Oc3c(NC(=O)Nc4ccc5c(c4)OCO5)cccc3C(=O)N([C@H](C)CO)C[C@H]2C)cc1. The van der Waals surface area contributed by atoms with E-state index >= 15 is 0 Å². The summed E-state index contributed by atoms with van der Waals surface area (Å²) in [7, 11) is 3.66. The number of fused-ring (bicyclic) bond motifs is 2. The molecule has 0 spiro atoms. The molecule has 5 rings (SSSR count). The number of nitrogens with one attached hydrogen (secondary N) is 2. The molecular formula is C32H38N4O7. The summed E-state index contributed by atoms with van der Waals surface area (Å²) in [6.45, 7) is 5.45. The number of urea groups is 1. The largest absolute Gasteiger partial charge is 0.497 e. The third-order valence-corrected chi connectivity index (χ3v) is 7.67. The van der Waals surface area contributed by atoms with Crippen LogP contribution >= 0.6 is 0 Å². The first-order chi connectivity index (χ1) is 20.7. The average Bonchev–Trinajstić information content (AvgIpc) is 3.47. The summed E-state index contributed by atoms with van der Waals surface area (Å²) in [5.74, 6) is 1.89. The van der Waals surface area contributed by atoms with Crippen LogP contribution < -0.4 is 29.6 Å². The first-order valence-corrected chi connectivity index (χ1v) is 14.3. The highest BCUT2D eigenvalue weighted by Gasteiger charge is 2.34. The summed E-state index contributed by atoms with van der Waals surface area (Å²) in [6, 6.07) is 17.2. The predicted octanol–water partition coefficient (Wildman–Crippen LogP) is 4.42. The zero-order valence-electron chi connectivity index (χ0n) is 24.8. The molecule has 0 radical (unpaired) electrons. The number of aliphatic hydroxyl groups is 1. The summed E-state index contributed by atoms with van der Waals surface area (Å²) in [4.78, 5) is 30.7. The lowest BCUT2D eigenvalue weighted by Gasteiger charge is -2.38. The Morgan fingerprint density at radius 3 is 2.63 bits per heavy atom. The number of para-hydroxylation sites is 1. The first-order valence-electron chi connectivity index (χ1n) is 14.3. The highest BCUT2D eigenvalue weighted by molar-refractivity contribution is 6.04. The highest BCUT2D eigenvalue weighted by Crippen LogP contribution is 2.36. The van der Waals surface area contributed by atoms with Crippen molar-refractivity contribution in [2.24, 2.45) is 5.92 Å². The van der Waals surface area contributed by atoms with E-state index < -0.39 is 12.1 Å². The Kier molecular flexibility index (Phi) is 9.22. The van der Waals surface area contributed by atoms with Gasteiger partial charge in [-0.2, -0.15) is 0 Å². The van der Waals surface area contributed by atoms with Crippen molar-refractivity contribution in [3.05, 3.63) is 71.8 Å². The van der Waals surface area contributed by atoms with E-state index in [1.54, 1.807) is 48.4 Å². The zero-order valence-corrected chi connectivity index (χ0v) is 24.8. The molecule has 0 aliphatic carbocycles. The quantitative estimate of drug-likeness (QED) is 0.335. The number of nitrogens with zero attached hydrogens (tertiary/aromatic N) is 2. The minimum absolute atomic E-state index is 0.0834. The number of aliphatic hydroxyl groups excluding tert-OH is 1. The lowest BCUT2D eigenvalue weighted by molar-refractivity contribution is 0.0343. The van der Waals surface area contributed by atoms with Crippen LogP contribution in [-0.2, 0) is 6.54 Å². The number of likely N-dealkylation sites (N-methyl/N-ethyl adjacent to an activating group) is 1. The lowest BCUT2D eigenvalue weighted by atomic mass is 9.99. The van der Waals surface area contributed by atoms with Crippen LogP contribution in [0.2, 0.25) is 0 Å². The second-order valence-corrected chi connectivity index (χ2v) is 11.0. The number of carbonyl (C=O) groups is 2. The third-order valence-electron chi connectivity index (χ3n) is 7.67. The Morgan fingerprint density at radius 1 is 1.12 bits per heavy atom. The molecule has 3 atom stereocenters. The molecule has 43 heavy (non-hydrogen) atoms. The fraction of sp³-hybridized carbons (Fsp3) is 0.375. The number of benzene rings is 3. The van der Waals surface area contributed by atoms with Gasteiger partial charge < -0.3 is 39.6 Å². The van der Waals surface area contributed by atoms with Gasteiger partial charge in [-0.3, -0.25) is 9.69 Å². The van der Waals surface area contributed by atoms with Gasteiger partial charge in [0.1, 0.15) is 11.9 Å². The Labute approximate surface area is 251 Å². The van der Waals surface area contributed by atoms with E-state index in [9.17, 15) is 14.7 Å². The molecule has 0 unspecified atom stereocenters. The van der Waals surface area contributed by atoms with Crippen molar-refractivity contribution in [3.63, 3.8) is 0 Å². The summed E-state index contributed by atoms with van der Waals surface area (Å²) < 4.78 is 22.6. The number of hydrogen-bond acceptors (Lipinski definition) is 8. The molecule has 0 saturated carbocycles. The third kappa shape index (κ3) is 6.95. The molecule has 11 nitrogen and oxygen atoms in total. The van der Waals surface area contributed by atoms with Gasteiger partial charge in [0.15, 0.2) is 17.2 Å². The van der Waals surface area contributed by atoms with Crippen molar-refractivity contribution >= 4 is 23.3 Å². The van der Waals surface area contributed by atoms with Crippen molar-refractivity contribution in [3.8, 4) is 23.0 Å². The first kappa shape index (κ1) is 30.0. The molecule has 2 aliphatic heterocycles. The zero-order chi connectivity index (χ0) is 30.5. The molecule has 0 fully saturated rings. The number of carbonyl (C=O) groups excluding carboxylic acids is 2. The highest BCUT2D eigenvalue weighted by atomic mass is 16.7. The summed E-state index contributed by atoms with van der Waals surface area (Å²) >= 11 is 0. The molecule has 3 aromatic carbocycles. The van der Waals surface area contributed by atoms with Crippen molar-refractivity contribution in [2.45, 2.75) is 32.5 Å². The van der Waals surface area contributed by atoms with E-state index in [1.165, 1.54) is 0 Å². The Balaban J connectivity index is 1.39. The molecule has 0 aromatic heterocycles. The van der Waals surface area contributed by atoms with E-state index in [0.29, 0.717) is 48.1 Å². The van der Waals surface area contributed by atoms with E-state index in [-0.39, 0.29) is 37.1 Å². The normalized spacial score (nSPS) is 18.3. The van der Waals surface area contributed by atoms with Crippen molar-refractivity contribution in [2.75, 3.05) is 51.3 Å². The Morgan fingerprint density at radius 2 is 1.88 bits per heavy atom. The standard InChI is InChI=1S/C32H38N4O7/c1-20-15-36(21(2)18-37)31(38)25-6-5-7-26(34-32(39)33-23-10-13-27-28(14-23)42-19-41-27)30(25)43-29(20)17-35(3)16-22-8-11-24(40-4)12-9-22/h5-14,20-21,29,37H,15-19H2,1-4H3,(H2,33,34,39)/t20-,21-,29+/m1/s1. The minimum atomic E-state index is -0.507. The molecule has 228 valence electrons. The number of ether oxygens (including phenoxy) is 4. The molecular weight excluding hydrogens is 552 g/mol. The maximum absolute atomic E-state index is 13.8. The van der Waals surface area contributed by atoms with Gasteiger partial charge in [0.25, 0.3) is 5.91 Å². The second-order valence-electron chi connectivity index (χ2n) is 11.0. The van der Waals surface area contributed by atoms with Crippen molar-refractivity contribution in [1.82, 2.24) is 9.80 Å². The van der Waals surface area contributed by atoms with Crippen LogP contribution in [0.15, 0.2) is 60.7 Å². The van der Waals surface area contributed by atoms with E-state index in [2.05, 4.69) is 15.5 Å². The van der Waals surface area contributed by atoms with Crippen LogP contribution in [-0.4, -0.2) is 79.6 Å². The topological polar surface area (TPSA) is 122 Å². The fourth-order valence-corrected chi connectivity index (χ4v) is 5.23. The summed E-state index contributed by atoms with van der Waals surface area (Å²) in [5.41, 5.74) is 2.32. The van der Waals surface area contributed by atoms with Crippen LogP contribution in [0.5, 0.6) is 23.0 Å². The van der Waals surface area contributed by atoms with Crippen LogP contribution in [0.3, 0.4) is 0 Å². The molecule has 3 amide bonds.